The molecule has 1 saturated heterocycles. The van der Waals surface area contributed by atoms with Crippen molar-refractivity contribution in [2.24, 2.45) is 0 Å². The van der Waals surface area contributed by atoms with Crippen LogP contribution in [0.15, 0.2) is 71.6 Å². The Hall–Kier alpha value is -3.56. The summed E-state index contributed by atoms with van der Waals surface area (Å²) in [5.41, 5.74) is 2.85. The van der Waals surface area contributed by atoms with Gasteiger partial charge in [0.1, 0.15) is 0 Å². The number of amides is 1. The number of hydrogen-bond donors (Lipinski definition) is 0. The van der Waals surface area contributed by atoms with Crippen LogP contribution in [-0.4, -0.2) is 64.1 Å². The molecule has 0 aromatic heterocycles. The van der Waals surface area contributed by atoms with Crippen LogP contribution in [0.4, 0.5) is 5.69 Å². The number of nitrogens with zero attached hydrogens (tertiary/aromatic N) is 3. The molecule has 0 aliphatic carbocycles. The second-order valence-electron chi connectivity index (χ2n) is 9.06. The van der Waals surface area contributed by atoms with E-state index in [1.165, 1.54) is 11.4 Å². The van der Waals surface area contributed by atoms with E-state index >= 15 is 0 Å². The number of anilines is 1. The SMILES string of the molecule is Cc1ccc(S(=O)(=O)N(C)c2ccccc2C(=O)N2CCN(Cc3ccc4c(c3)OCO4)CC2)cc1. The van der Waals surface area contributed by atoms with Gasteiger partial charge < -0.3 is 14.4 Å². The fraction of sp³-hybridized carbons (Fsp3) is 0.296. The molecule has 188 valence electrons. The Morgan fingerprint density at radius 1 is 0.917 bits per heavy atom. The number of carbonyl (C=O) groups is 1. The first-order valence-electron chi connectivity index (χ1n) is 11.9. The van der Waals surface area contributed by atoms with Crippen molar-refractivity contribution in [1.82, 2.24) is 9.80 Å². The van der Waals surface area contributed by atoms with Gasteiger partial charge in [0.25, 0.3) is 15.9 Å². The molecule has 36 heavy (non-hydrogen) atoms. The second kappa shape index (κ2) is 9.83. The molecule has 0 unspecified atom stereocenters. The third-order valence-corrected chi connectivity index (χ3v) is 8.44. The summed E-state index contributed by atoms with van der Waals surface area (Å²) in [6.07, 6.45) is 0. The standard InChI is InChI=1S/C27H29N3O5S/c1-20-7-10-22(11-8-20)36(32,33)28(2)24-6-4-3-5-23(24)27(31)30-15-13-29(14-16-30)18-21-9-12-25-26(17-21)35-19-34-25/h3-12,17H,13-16,18-19H2,1-2H3. The molecular weight excluding hydrogens is 478 g/mol. The molecule has 0 N–H and O–H groups in total. The molecule has 1 amide bonds. The highest BCUT2D eigenvalue weighted by Gasteiger charge is 2.28. The normalized spacial score (nSPS) is 15.7. The Morgan fingerprint density at radius 2 is 1.61 bits per heavy atom. The largest absolute Gasteiger partial charge is 0.454 e. The number of fused-ring (bicyclic) bond motifs is 1. The lowest BCUT2D eigenvalue weighted by atomic mass is 10.1. The Labute approximate surface area is 211 Å². The molecule has 0 spiro atoms. The number of piperazine rings is 1. The van der Waals surface area contributed by atoms with Crippen LogP contribution in [0.3, 0.4) is 0 Å². The highest BCUT2D eigenvalue weighted by atomic mass is 32.2. The summed E-state index contributed by atoms with van der Waals surface area (Å²) in [6.45, 7) is 5.48. The fourth-order valence-electron chi connectivity index (χ4n) is 4.50. The monoisotopic (exact) mass is 507 g/mol. The van der Waals surface area contributed by atoms with Gasteiger partial charge in [-0.05, 0) is 48.9 Å². The summed E-state index contributed by atoms with van der Waals surface area (Å²) in [5, 5.41) is 0. The van der Waals surface area contributed by atoms with Crippen molar-refractivity contribution in [3.63, 3.8) is 0 Å². The lowest BCUT2D eigenvalue weighted by Gasteiger charge is -2.35. The van der Waals surface area contributed by atoms with Gasteiger partial charge in [-0.15, -0.1) is 0 Å². The molecule has 2 heterocycles. The summed E-state index contributed by atoms with van der Waals surface area (Å²) in [6, 6.07) is 19.5. The summed E-state index contributed by atoms with van der Waals surface area (Å²) in [5.74, 6) is 1.36. The molecule has 3 aromatic carbocycles. The average molecular weight is 508 g/mol. The van der Waals surface area contributed by atoms with Crippen molar-refractivity contribution in [3.05, 3.63) is 83.4 Å². The number of carbonyl (C=O) groups excluding carboxylic acids is 1. The van der Waals surface area contributed by atoms with Gasteiger partial charge in [0, 0.05) is 39.8 Å². The van der Waals surface area contributed by atoms with Gasteiger partial charge >= 0.3 is 0 Å². The van der Waals surface area contributed by atoms with Crippen LogP contribution >= 0.6 is 0 Å². The smallest absolute Gasteiger partial charge is 0.264 e. The molecule has 2 aliphatic rings. The number of sulfonamides is 1. The summed E-state index contributed by atoms with van der Waals surface area (Å²) in [7, 11) is -2.32. The van der Waals surface area contributed by atoms with Crippen LogP contribution in [0.25, 0.3) is 0 Å². The Kier molecular flexibility index (Phi) is 6.59. The van der Waals surface area contributed by atoms with Crippen molar-refractivity contribution >= 4 is 21.6 Å². The van der Waals surface area contributed by atoms with E-state index < -0.39 is 10.0 Å². The number of rotatable bonds is 6. The maximum absolute atomic E-state index is 13.5. The van der Waals surface area contributed by atoms with Crippen molar-refractivity contribution in [1.29, 1.82) is 0 Å². The Bertz CT molecular complexity index is 1370. The highest BCUT2D eigenvalue weighted by Crippen LogP contribution is 2.33. The van der Waals surface area contributed by atoms with Crippen LogP contribution in [-0.2, 0) is 16.6 Å². The lowest BCUT2D eigenvalue weighted by Crippen LogP contribution is -2.48. The van der Waals surface area contributed by atoms with Gasteiger partial charge in [-0.2, -0.15) is 0 Å². The van der Waals surface area contributed by atoms with E-state index in [0.29, 0.717) is 24.3 Å². The number of aryl methyl sites for hydroxylation is 1. The number of ether oxygens (including phenoxy) is 2. The molecule has 2 aliphatic heterocycles. The van der Waals surface area contributed by atoms with Crippen LogP contribution in [0.2, 0.25) is 0 Å². The first kappa shape index (κ1) is 24.1. The predicted molar refractivity (Wildman–Crippen MR) is 137 cm³/mol. The van der Waals surface area contributed by atoms with Crippen LogP contribution in [0.5, 0.6) is 11.5 Å². The summed E-state index contributed by atoms with van der Waals surface area (Å²) >= 11 is 0. The van der Waals surface area contributed by atoms with Gasteiger partial charge in [0.15, 0.2) is 11.5 Å². The Balaban J connectivity index is 1.27. The van der Waals surface area contributed by atoms with Gasteiger partial charge in [-0.3, -0.25) is 14.0 Å². The molecule has 3 aromatic rings. The molecule has 8 nitrogen and oxygen atoms in total. The molecule has 0 radical (unpaired) electrons. The van der Waals surface area contributed by atoms with Crippen molar-refractivity contribution in [3.8, 4) is 11.5 Å². The molecule has 9 heteroatoms. The minimum atomic E-state index is -3.81. The molecule has 0 bridgehead atoms. The van der Waals surface area contributed by atoms with E-state index in [0.717, 1.165) is 42.3 Å². The third-order valence-electron chi connectivity index (χ3n) is 6.66. The number of hydrogen-bond acceptors (Lipinski definition) is 6. The van der Waals surface area contributed by atoms with E-state index in [4.69, 9.17) is 9.47 Å². The first-order chi connectivity index (χ1) is 17.3. The maximum Gasteiger partial charge on any atom is 0.264 e. The topological polar surface area (TPSA) is 79.4 Å². The van der Waals surface area contributed by atoms with E-state index in [1.54, 1.807) is 53.4 Å². The molecule has 1 fully saturated rings. The third kappa shape index (κ3) is 4.76. The molecule has 5 rings (SSSR count). The fourth-order valence-corrected chi connectivity index (χ4v) is 5.72. The quantitative estimate of drug-likeness (QED) is 0.508. The highest BCUT2D eigenvalue weighted by molar-refractivity contribution is 7.92. The number of benzene rings is 3. The van der Waals surface area contributed by atoms with Crippen molar-refractivity contribution < 1.29 is 22.7 Å². The zero-order chi connectivity index (χ0) is 25.3. The number of para-hydroxylation sites is 1. The molecule has 0 saturated carbocycles. The van der Waals surface area contributed by atoms with E-state index in [1.807, 2.05) is 25.1 Å². The summed E-state index contributed by atoms with van der Waals surface area (Å²) < 4.78 is 38.6. The zero-order valence-corrected chi connectivity index (χ0v) is 21.2. The second-order valence-corrected chi connectivity index (χ2v) is 11.0. The van der Waals surface area contributed by atoms with Gasteiger partial charge in [0.05, 0.1) is 16.1 Å². The van der Waals surface area contributed by atoms with Crippen LogP contribution in [0.1, 0.15) is 21.5 Å². The van der Waals surface area contributed by atoms with E-state index in [9.17, 15) is 13.2 Å². The maximum atomic E-state index is 13.5. The molecule has 0 atom stereocenters. The first-order valence-corrected chi connectivity index (χ1v) is 13.3. The van der Waals surface area contributed by atoms with Crippen LogP contribution in [0, 0.1) is 6.92 Å². The average Bonchev–Trinajstić information content (AvgIpc) is 3.36. The minimum Gasteiger partial charge on any atom is -0.454 e. The van der Waals surface area contributed by atoms with Crippen LogP contribution < -0.4 is 13.8 Å². The van der Waals surface area contributed by atoms with Gasteiger partial charge in [0.2, 0.25) is 6.79 Å². The van der Waals surface area contributed by atoms with Gasteiger partial charge in [-0.1, -0.05) is 35.9 Å². The molecular formula is C27H29N3O5S. The van der Waals surface area contributed by atoms with E-state index in [2.05, 4.69) is 4.90 Å². The van der Waals surface area contributed by atoms with Crippen molar-refractivity contribution in [2.75, 3.05) is 44.3 Å². The Morgan fingerprint density at radius 3 is 2.36 bits per heavy atom. The summed E-state index contributed by atoms with van der Waals surface area (Å²) in [4.78, 5) is 17.8. The zero-order valence-electron chi connectivity index (χ0n) is 20.4. The lowest BCUT2D eigenvalue weighted by molar-refractivity contribution is 0.0629. The van der Waals surface area contributed by atoms with Crippen molar-refractivity contribution in [2.45, 2.75) is 18.4 Å². The minimum absolute atomic E-state index is 0.167. The van der Waals surface area contributed by atoms with Gasteiger partial charge in [-0.25, -0.2) is 8.42 Å². The predicted octanol–water partition coefficient (Wildman–Crippen LogP) is 3.51. The van der Waals surface area contributed by atoms with E-state index in [-0.39, 0.29) is 17.6 Å².